The molecule has 0 saturated carbocycles. The maximum atomic E-state index is 12.4. The van der Waals surface area contributed by atoms with Gasteiger partial charge in [0, 0.05) is 51.9 Å². The van der Waals surface area contributed by atoms with E-state index in [1.807, 2.05) is 12.1 Å². The number of aromatic amines is 1. The fraction of sp³-hybridized carbons (Fsp3) is 0.348. The van der Waals surface area contributed by atoms with Gasteiger partial charge in [-0.05, 0) is 49.2 Å². The van der Waals surface area contributed by atoms with Crippen LogP contribution in [0.3, 0.4) is 0 Å². The van der Waals surface area contributed by atoms with Crippen molar-refractivity contribution in [3.05, 3.63) is 58.1 Å². The van der Waals surface area contributed by atoms with Crippen molar-refractivity contribution in [2.45, 2.75) is 38.4 Å². The molecule has 30 heavy (non-hydrogen) atoms. The maximum absolute atomic E-state index is 12.4. The SMILES string of the molecule is Cl.O=C1NCc2c(Cl)ccc(-c3cc4cc(CN5CCCCC5CO)ccc4[nH]3)c21. The Morgan fingerprint density at radius 3 is 2.87 bits per heavy atom. The number of carbonyl (C=O) groups is 1. The van der Waals surface area contributed by atoms with Crippen LogP contribution in [0.5, 0.6) is 0 Å². The van der Waals surface area contributed by atoms with Gasteiger partial charge in [-0.25, -0.2) is 0 Å². The van der Waals surface area contributed by atoms with Crippen molar-refractivity contribution in [3.8, 4) is 11.3 Å². The number of aromatic nitrogens is 1. The number of amides is 1. The highest BCUT2D eigenvalue weighted by molar-refractivity contribution is 6.32. The molecular formula is C23H25Cl2N3O2. The zero-order valence-electron chi connectivity index (χ0n) is 16.6. The fourth-order valence-electron chi connectivity index (χ4n) is 4.67. The zero-order valence-corrected chi connectivity index (χ0v) is 18.2. The Morgan fingerprint density at radius 2 is 2.03 bits per heavy atom. The number of H-pyrrole nitrogens is 1. The smallest absolute Gasteiger partial charge is 0.252 e. The summed E-state index contributed by atoms with van der Waals surface area (Å²) in [6.45, 7) is 2.58. The predicted molar refractivity (Wildman–Crippen MR) is 122 cm³/mol. The average Bonchev–Trinajstić information content (AvgIpc) is 3.33. The quantitative estimate of drug-likeness (QED) is 0.553. The number of carbonyl (C=O) groups excluding carboxylic acids is 1. The largest absolute Gasteiger partial charge is 0.395 e. The Kier molecular flexibility index (Phi) is 6.07. The first kappa shape index (κ1) is 21.2. The second kappa shape index (κ2) is 8.60. The third kappa shape index (κ3) is 3.71. The lowest BCUT2D eigenvalue weighted by Crippen LogP contribution is -2.41. The summed E-state index contributed by atoms with van der Waals surface area (Å²) in [5, 5.41) is 14.3. The van der Waals surface area contributed by atoms with Gasteiger partial charge in [-0.2, -0.15) is 0 Å². The normalized spacial score (nSPS) is 18.9. The molecule has 7 heteroatoms. The van der Waals surface area contributed by atoms with Crippen molar-refractivity contribution in [2.75, 3.05) is 13.2 Å². The number of benzene rings is 2. The monoisotopic (exact) mass is 445 g/mol. The van der Waals surface area contributed by atoms with Crippen molar-refractivity contribution in [3.63, 3.8) is 0 Å². The van der Waals surface area contributed by atoms with E-state index >= 15 is 0 Å². The summed E-state index contributed by atoms with van der Waals surface area (Å²) in [7, 11) is 0. The Balaban J connectivity index is 0.00000218. The van der Waals surface area contributed by atoms with Crippen LogP contribution in [0, 0.1) is 0 Å². The number of likely N-dealkylation sites (tertiary alicyclic amines) is 1. The molecule has 2 aliphatic heterocycles. The van der Waals surface area contributed by atoms with Gasteiger partial charge < -0.3 is 15.4 Å². The molecule has 5 nitrogen and oxygen atoms in total. The Bertz CT molecular complexity index is 1100. The number of aliphatic hydroxyl groups excluding tert-OH is 1. The molecule has 2 aliphatic rings. The number of nitrogens with one attached hydrogen (secondary N) is 2. The number of nitrogens with zero attached hydrogens (tertiary/aromatic N) is 1. The summed E-state index contributed by atoms with van der Waals surface area (Å²) in [4.78, 5) is 18.2. The highest BCUT2D eigenvalue weighted by Gasteiger charge is 2.26. The highest BCUT2D eigenvalue weighted by Crippen LogP contribution is 2.35. The number of piperidine rings is 1. The third-order valence-electron chi connectivity index (χ3n) is 6.23. The first-order chi connectivity index (χ1) is 14.1. The highest BCUT2D eigenvalue weighted by atomic mass is 35.5. The minimum Gasteiger partial charge on any atom is -0.395 e. The van der Waals surface area contributed by atoms with E-state index in [0.717, 1.165) is 47.2 Å². The van der Waals surface area contributed by atoms with Gasteiger partial charge in [-0.1, -0.05) is 30.2 Å². The van der Waals surface area contributed by atoms with E-state index in [0.29, 0.717) is 17.1 Å². The van der Waals surface area contributed by atoms with Gasteiger partial charge in [0.2, 0.25) is 0 Å². The summed E-state index contributed by atoms with van der Waals surface area (Å²) in [5.41, 5.74) is 5.63. The lowest BCUT2D eigenvalue weighted by atomic mass is 10.00. The number of rotatable bonds is 4. The van der Waals surface area contributed by atoms with Crippen molar-refractivity contribution in [1.29, 1.82) is 0 Å². The van der Waals surface area contributed by atoms with Gasteiger partial charge in [0.1, 0.15) is 0 Å². The first-order valence-electron chi connectivity index (χ1n) is 10.2. The van der Waals surface area contributed by atoms with Crippen LogP contribution in [-0.4, -0.2) is 40.1 Å². The van der Waals surface area contributed by atoms with Crippen molar-refractivity contribution in [1.82, 2.24) is 15.2 Å². The standard InChI is InChI=1S/C23H24ClN3O2.ClH/c24-19-6-5-17(22-18(19)11-25-23(22)29)21-10-15-9-14(4-7-20(15)26-21)12-27-8-2-1-3-16(27)13-28;/h4-7,9-10,16,26,28H,1-3,8,11-13H2,(H,25,29);1H. The van der Waals surface area contributed by atoms with E-state index in [2.05, 4.69) is 39.5 Å². The van der Waals surface area contributed by atoms with E-state index in [1.54, 1.807) is 0 Å². The van der Waals surface area contributed by atoms with Crippen LogP contribution in [0.4, 0.5) is 0 Å². The minimum atomic E-state index is -0.0722. The van der Waals surface area contributed by atoms with Crippen LogP contribution < -0.4 is 5.32 Å². The third-order valence-corrected chi connectivity index (χ3v) is 6.58. The van der Waals surface area contributed by atoms with Crippen molar-refractivity contribution in [2.24, 2.45) is 0 Å². The Morgan fingerprint density at radius 1 is 1.17 bits per heavy atom. The van der Waals surface area contributed by atoms with Crippen molar-refractivity contribution < 1.29 is 9.90 Å². The zero-order chi connectivity index (χ0) is 20.0. The van der Waals surface area contributed by atoms with E-state index in [1.165, 1.54) is 18.4 Å². The molecule has 3 heterocycles. The molecule has 1 fully saturated rings. The number of fused-ring (bicyclic) bond motifs is 2. The van der Waals surface area contributed by atoms with Crippen molar-refractivity contribution >= 4 is 40.8 Å². The minimum absolute atomic E-state index is 0. The molecule has 158 valence electrons. The van der Waals surface area contributed by atoms with Gasteiger partial charge in [-0.15, -0.1) is 12.4 Å². The molecule has 1 unspecified atom stereocenters. The van der Waals surface area contributed by atoms with Crippen LogP contribution in [-0.2, 0) is 13.1 Å². The summed E-state index contributed by atoms with van der Waals surface area (Å²) in [5.74, 6) is -0.0722. The number of halogens is 2. The molecule has 3 aromatic rings. The number of hydrogen-bond acceptors (Lipinski definition) is 3. The molecule has 0 spiro atoms. The van der Waals surface area contributed by atoms with Gasteiger partial charge in [0.25, 0.3) is 5.91 Å². The van der Waals surface area contributed by atoms with Crippen LogP contribution in [0.15, 0.2) is 36.4 Å². The molecule has 2 aromatic carbocycles. The lowest BCUT2D eigenvalue weighted by molar-refractivity contribution is 0.0841. The van der Waals surface area contributed by atoms with E-state index in [9.17, 15) is 9.90 Å². The number of hydrogen-bond donors (Lipinski definition) is 3. The Hall–Kier alpha value is -2.05. The van der Waals surface area contributed by atoms with E-state index in [-0.39, 0.29) is 31.0 Å². The van der Waals surface area contributed by atoms with Gasteiger partial charge in [0.15, 0.2) is 0 Å². The van der Waals surface area contributed by atoms with Gasteiger partial charge in [-0.3, -0.25) is 9.69 Å². The number of aliphatic hydroxyl groups is 1. The molecule has 0 aliphatic carbocycles. The molecule has 1 aromatic heterocycles. The van der Waals surface area contributed by atoms with Crippen LogP contribution >= 0.6 is 24.0 Å². The van der Waals surface area contributed by atoms with Gasteiger partial charge >= 0.3 is 0 Å². The fourth-order valence-corrected chi connectivity index (χ4v) is 4.90. The molecule has 1 saturated heterocycles. The molecule has 0 bridgehead atoms. The lowest BCUT2D eigenvalue weighted by Gasteiger charge is -2.34. The summed E-state index contributed by atoms with van der Waals surface area (Å²) >= 11 is 6.29. The second-order valence-electron chi connectivity index (χ2n) is 8.04. The van der Waals surface area contributed by atoms with Crippen LogP contribution in [0.1, 0.15) is 40.7 Å². The van der Waals surface area contributed by atoms with E-state index in [4.69, 9.17) is 11.6 Å². The average molecular weight is 446 g/mol. The summed E-state index contributed by atoms with van der Waals surface area (Å²) in [6.07, 6.45) is 3.45. The summed E-state index contributed by atoms with van der Waals surface area (Å²) in [6, 6.07) is 12.6. The molecule has 3 N–H and O–H groups in total. The van der Waals surface area contributed by atoms with Crippen LogP contribution in [0.25, 0.3) is 22.2 Å². The second-order valence-corrected chi connectivity index (χ2v) is 8.45. The molecule has 1 atom stereocenters. The maximum Gasteiger partial charge on any atom is 0.252 e. The topological polar surface area (TPSA) is 68.4 Å². The molecule has 1 amide bonds. The van der Waals surface area contributed by atoms with Crippen LogP contribution in [0.2, 0.25) is 5.02 Å². The van der Waals surface area contributed by atoms with E-state index < -0.39 is 0 Å². The molecule has 5 rings (SSSR count). The Labute approximate surface area is 186 Å². The molecular weight excluding hydrogens is 421 g/mol. The molecule has 0 radical (unpaired) electrons. The predicted octanol–water partition coefficient (Wildman–Crippen LogP) is 4.50. The summed E-state index contributed by atoms with van der Waals surface area (Å²) < 4.78 is 0. The first-order valence-corrected chi connectivity index (χ1v) is 10.6. The van der Waals surface area contributed by atoms with Gasteiger partial charge in [0.05, 0.1) is 12.2 Å².